The van der Waals surface area contributed by atoms with Gasteiger partial charge >= 0.3 is 0 Å². The second kappa shape index (κ2) is 4.06. The summed E-state index contributed by atoms with van der Waals surface area (Å²) < 4.78 is 5.60. The zero-order valence-electron chi connectivity index (χ0n) is 9.74. The van der Waals surface area contributed by atoms with Crippen LogP contribution in [0.5, 0.6) is 0 Å². The number of hydrogen-bond donors (Lipinski definition) is 1. The van der Waals surface area contributed by atoms with E-state index in [4.69, 9.17) is 4.74 Å². The number of nitrogens with one attached hydrogen (secondary N) is 1. The Kier molecular flexibility index (Phi) is 2.73. The lowest BCUT2D eigenvalue weighted by atomic mass is 9.87. The second-order valence-electron chi connectivity index (χ2n) is 5.61. The summed E-state index contributed by atoms with van der Waals surface area (Å²) in [4.78, 5) is 0. The molecule has 0 aliphatic heterocycles. The Labute approximate surface area is 92.8 Å². The Hall–Kier alpha value is -0.0800. The fourth-order valence-electron chi connectivity index (χ4n) is 2.91. The minimum absolute atomic E-state index is 0.562. The van der Waals surface area contributed by atoms with E-state index in [-0.39, 0.29) is 0 Å². The molecule has 3 rings (SSSR count). The van der Waals surface area contributed by atoms with E-state index >= 15 is 0 Å². The third-order valence-corrected chi connectivity index (χ3v) is 4.19. The van der Waals surface area contributed by atoms with Crippen LogP contribution in [-0.4, -0.2) is 24.8 Å². The van der Waals surface area contributed by atoms with E-state index in [0.717, 1.165) is 30.5 Å². The molecule has 15 heavy (non-hydrogen) atoms. The normalized spacial score (nSPS) is 35.6. The Morgan fingerprint density at radius 2 is 1.73 bits per heavy atom. The first-order valence-corrected chi connectivity index (χ1v) is 6.74. The van der Waals surface area contributed by atoms with E-state index in [0.29, 0.717) is 6.10 Å². The fraction of sp³-hybridized carbons (Fsp3) is 1.00. The van der Waals surface area contributed by atoms with Crippen molar-refractivity contribution >= 4 is 0 Å². The van der Waals surface area contributed by atoms with Crippen LogP contribution in [0.4, 0.5) is 0 Å². The van der Waals surface area contributed by atoms with Gasteiger partial charge in [-0.15, -0.1) is 0 Å². The monoisotopic (exact) mass is 209 g/mol. The molecule has 0 aromatic heterocycles. The summed E-state index contributed by atoms with van der Waals surface area (Å²) >= 11 is 0. The molecule has 0 amide bonds. The van der Waals surface area contributed by atoms with E-state index in [9.17, 15) is 0 Å². The molecule has 3 aliphatic rings. The zero-order chi connectivity index (χ0) is 10.3. The van der Waals surface area contributed by atoms with Crippen molar-refractivity contribution in [1.29, 1.82) is 0 Å². The Morgan fingerprint density at radius 1 is 1.13 bits per heavy atom. The average molecular weight is 209 g/mol. The summed E-state index contributed by atoms with van der Waals surface area (Å²) in [5, 5.41) is 3.89. The van der Waals surface area contributed by atoms with Gasteiger partial charge in [0, 0.05) is 18.7 Å². The molecule has 0 aromatic rings. The van der Waals surface area contributed by atoms with Gasteiger partial charge in [0.05, 0.1) is 6.10 Å². The molecule has 0 spiro atoms. The first-order chi connectivity index (χ1) is 7.36. The Bertz CT molecular complexity index is 205. The Balaban J connectivity index is 1.41. The van der Waals surface area contributed by atoms with E-state index in [1.807, 2.05) is 0 Å². The maximum Gasteiger partial charge on any atom is 0.0604 e. The van der Waals surface area contributed by atoms with Gasteiger partial charge in [0.2, 0.25) is 0 Å². The standard InChI is InChI=1S/C13H23NO/c1-2-15-12-7-11(8-12)14-13(9-3-4-9)10-5-6-10/h9-14H,2-8H2,1H3. The van der Waals surface area contributed by atoms with Crippen LogP contribution < -0.4 is 5.32 Å². The molecule has 0 radical (unpaired) electrons. The molecule has 0 atom stereocenters. The lowest BCUT2D eigenvalue weighted by Crippen LogP contribution is -2.50. The summed E-state index contributed by atoms with van der Waals surface area (Å²) in [6.45, 7) is 2.98. The van der Waals surface area contributed by atoms with Crippen molar-refractivity contribution < 1.29 is 4.74 Å². The maximum atomic E-state index is 5.60. The van der Waals surface area contributed by atoms with E-state index in [1.54, 1.807) is 0 Å². The first kappa shape index (κ1) is 10.1. The first-order valence-electron chi connectivity index (χ1n) is 6.74. The van der Waals surface area contributed by atoms with Crippen LogP contribution in [0.2, 0.25) is 0 Å². The van der Waals surface area contributed by atoms with E-state index in [2.05, 4.69) is 12.2 Å². The molecule has 0 saturated heterocycles. The SMILES string of the molecule is CCOC1CC(NC(C2CC2)C2CC2)C1. The van der Waals surface area contributed by atoms with Crippen LogP contribution in [0.15, 0.2) is 0 Å². The van der Waals surface area contributed by atoms with Crippen LogP contribution in [0.25, 0.3) is 0 Å². The van der Waals surface area contributed by atoms with E-state index in [1.165, 1.54) is 38.5 Å². The van der Waals surface area contributed by atoms with Gasteiger partial charge < -0.3 is 10.1 Å². The molecule has 3 fully saturated rings. The lowest BCUT2D eigenvalue weighted by Gasteiger charge is -2.38. The van der Waals surface area contributed by atoms with Crippen molar-refractivity contribution in [3.8, 4) is 0 Å². The quantitative estimate of drug-likeness (QED) is 0.725. The fourth-order valence-corrected chi connectivity index (χ4v) is 2.91. The van der Waals surface area contributed by atoms with Gasteiger partial charge in [-0.1, -0.05) is 0 Å². The molecule has 1 N–H and O–H groups in total. The third-order valence-electron chi connectivity index (χ3n) is 4.19. The highest BCUT2D eigenvalue weighted by molar-refractivity contribution is 4.99. The predicted octanol–water partition coefficient (Wildman–Crippen LogP) is 2.33. The van der Waals surface area contributed by atoms with Gasteiger partial charge in [0.15, 0.2) is 0 Å². The summed E-state index contributed by atoms with van der Waals surface area (Å²) in [5.41, 5.74) is 0. The summed E-state index contributed by atoms with van der Waals surface area (Å²) in [6, 6.07) is 1.64. The van der Waals surface area contributed by atoms with Crippen molar-refractivity contribution in [2.45, 2.75) is 63.6 Å². The predicted molar refractivity (Wildman–Crippen MR) is 60.8 cm³/mol. The zero-order valence-corrected chi connectivity index (χ0v) is 9.74. The maximum absolute atomic E-state index is 5.60. The van der Waals surface area contributed by atoms with E-state index < -0.39 is 0 Å². The van der Waals surface area contributed by atoms with Crippen molar-refractivity contribution in [3.05, 3.63) is 0 Å². The van der Waals surface area contributed by atoms with Crippen molar-refractivity contribution in [1.82, 2.24) is 5.32 Å². The van der Waals surface area contributed by atoms with Crippen LogP contribution in [0.1, 0.15) is 45.4 Å². The lowest BCUT2D eigenvalue weighted by molar-refractivity contribution is -0.0137. The van der Waals surface area contributed by atoms with Gasteiger partial charge in [-0.05, 0) is 57.3 Å². The number of hydrogen-bond acceptors (Lipinski definition) is 2. The van der Waals surface area contributed by atoms with Gasteiger partial charge in [-0.2, -0.15) is 0 Å². The molecule has 86 valence electrons. The minimum atomic E-state index is 0.562. The molecule has 3 saturated carbocycles. The van der Waals surface area contributed by atoms with Gasteiger partial charge in [0.1, 0.15) is 0 Å². The van der Waals surface area contributed by atoms with Gasteiger partial charge in [-0.25, -0.2) is 0 Å². The number of rotatable bonds is 6. The molecular weight excluding hydrogens is 186 g/mol. The molecule has 0 unspecified atom stereocenters. The largest absolute Gasteiger partial charge is 0.378 e. The molecule has 0 heterocycles. The van der Waals surface area contributed by atoms with Gasteiger partial charge in [-0.3, -0.25) is 0 Å². The molecule has 2 nitrogen and oxygen atoms in total. The van der Waals surface area contributed by atoms with Crippen molar-refractivity contribution in [2.75, 3.05) is 6.61 Å². The molecule has 3 aliphatic carbocycles. The molecule has 0 bridgehead atoms. The van der Waals surface area contributed by atoms with Gasteiger partial charge in [0.25, 0.3) is 0 Å². The van der Waals surface area contributed by atoms with Crippen LogP contribution >= 0.6 is 0 Å². The van der Waals surface area contributed by atoms with Crippen LogP contribution in [-0.2, 0) is 4.74 Å². The topological polar surface area (TPSA) is 21.3 Å². The summed E-state index contributed by atoms with van der Waals surface area (Å²) in [7, 11) is 0. The summed E-state index contributed by atoms with van der Waals surface area (Å²) in [6.07, 6.45) is 9.00. The highest BCUT2D eigenvalue weighted by Crippen LogP contribution is 2.45. The molecular formula is C13H23NO. The third kappa shape index (κ3) is 2.36. The Morgan fingerprint density at radius 3 is 2.20 bits per heavy atom. The average Bonchev–Trinajstić information content (AvgIpc) is 3.00. The van der Waals surface area contributed by atoms with Crippen molar-refractivity contribution in [3.63, 3.8) is 0 Å². The van der Waals surface area contributed by atoms with Crippen molar-refractivity contribution in [2.24, 2.45) is 11.8 Å². The van der Waals surface area contributed by atoms with Crippen LogP contribution in [0.3, 0.4) is 0 Å². The minimum Gasteiger partial charge on any atom is -0.378 e. The molecule has 2 heteroatoms. The highest BCUT2D eigenvalue weighted by atomic mass is 16.5. The van der Waals surface area contributed by atoms with Crippen LogP contribution in [0, 0.1) is 11.8 Å². The number of ether oxygens (including phenoxy) is 1. The smallest absolute Gasteiger partial charge is 0.0604 e. The highest BCUT2D eigenvalue weighted by Gasteiger charge is 2.43. The summed E-state index contributed by atoms with van der Waals surface area (Å²) in [5.74, 6) is 2.06. The second-order valence-corrected chi connectivity index (χ2v) is 5.61. The molecule has 0 aromatic carbocycles.